The lowest BCUT2D eigenvalue weighted by molar-refractivity contribution is 0.0697. The molecule has 0 fully saturated rings. The molecule has 0 saturated carbocycles. The quantitative estimate of drug-likeness (QED) is 0.757. The normalized spacial score (nSPS) is 10.5. The van der Waals surface area contributed by atoms with Gasteiger partial charge in [0.05, 0.1) is 5.56 Å². The number of benzene rings is 2. The molecule has 2 nitrogen and oxygen atoms in total. The third kappa shape index (κ3) is 3.20. The van der Waals surface area contributed by atoms with Crippen molar-refractivity contribution in [2.24, 2.45) is 0 Å². The Bertz CT molecular complexity index is 742. The minimum absolute atomic E-state index is 0.350. The minimum atomic E-state index is -0.877. The largest absolute Gasteiger partial charge is 0.478 e. The molecule has 1 N–H and O–H groups in total. The van der Waals surface area contributed by atoms with Gasteiger partial charge in [-0.1, -0.05) is 54.6 Å². The van der Waals surface area contributed by atoms with Gasteiger partial charge in [-0.3, -0.25) is 0 Å². The molecule has 1 heterocycles. The summed E-state index contributed by atoms with van der Waals surface area (Å²) in [5, 5.41) is 10.6. The monoisotopic (exact) mass is 294 g/mol. The molecule has 21 heavy (non-hydrogen) atoms. The van der Waals surface area contributed by atoms with Crippen molar-refractivity contribution in [3.8, 4) is 10.4 Å². The van der Waals surface area contributed by atoms with Crippen LogP contribution in [0.5, 0.6) is 0 Å². The van der Waals surface area contributed by atoms with E-state index < -0.39 is 5.97 Å². The van der Waals surface area contributed by atoms with Gasteiger partial charge in [0.15, 0.2) is 0 Å². The number of hydrogen-bond acceptors (Lipinski definition) is 2. The number of carboxylic acid groups (broad SMARTS) is 1. The molecule has 2 aromatic carbocycles. The van der Waals surface area contributed by atoms with Crippen molar-refractivity contribution >= 4 is 17.3 Å². The van der Waals surface area contributed by atoms with E-state index in [1.54, 1.807) is 11.4 Å². The predicted molar refractivity (Wildman–Crippen MR) is 86.0 cm³/mol. The highest BCUT2D eigenvalue weighted by atomic mass is 32.1. The van der Waals surface area contributed by atoms with E-state index in [0.717, 1.165) is 16.9 Å². The number of rotatable bonds is 4. The topological polar surface area (TPSA) is 37.3 Å². The molecule has 0 saturated heterocycles. The van der Waals surface area contributed by atoms with Crippen molar-refractivity contribution in [2.45, 2.75) is 6.42 Å². The van der Waals surface area contributed by atoms with E-state index in [1.807, 2.05) is 18.2 Å². The number of carboxylic acids is 1. The van der Waals surface area contributed by atoms with Gasteiger partial charge in [-0.2, -0.15) is 0 Å². The average Bonchev–Trinajstić information content (AvgIpc) is 2.99. The molecule has 0 aliphatic rings. The molecule has 3 aromatic rings. The van der Waals surface area contributed by atoms with Gasteiger partial charge >= 0.3 is 5.97 Å². The van der Waals surface area contributed by atoms with Gasteiger partial charge in [-0.05, 0) is 29.2 Å². The van der Waals surface area contributed by atoms with Crippen molar-refractivity contribution in [2.75, 3.05) is 0 Å². The zero-order valence-electron chi connectivity index (χ0n) is 11.3. The smallest absolute Gasteiger partial charge is 0.336 e. The maximum absolute atomic E-state index is 10.9. The summed E-state index contributed by atoms with van der Waals surface area (Å²) in [6.07, 6.45) is 0.909. The van der Waals surface area contributed by atoms with Gasteiger partial charge in [0.1, 0.15) is 0 Å². The van der Waals surface area contributed by atoms with Crippen LogP contribution in [0.2, 0.25) is 0 Å². The Kier molecular flexibility index (Phi) is 3.84. The fraction of sp³-hybridized carbons (Fsp3) is 0.0556. The maximum Gasteiger partial charge on any atom is 0.336 e. The standard InChI is InChI=1S/C18H14O2S/c19-18(20)16-11-17(21-12-16)15-8-6-14(7-9-15)10-13-4-2-1-3-5-13/h1-9,11-12H,10H2,(H,19,20). The van der Waals surface area contributed by atoms with Gasteiger partial charge in [0, 0.05) is 10.3 Å². The molecule has 0 aliphatic heterocycles. The molecule has 3 rings (SSSR count). The third-order valence-electron chi connectivity index (χ3n) is 3.34. The summed E-state index contributed by atoms with van der Waals surface area (Å²) >= 11 is 1.46. The van der Waals surface area contributed by atoms with Crippen LogP contribution in [0.25, 0.3) is 10.4 Å². The van der Waals surface area contributed by atoms with Crippen LogP contribution in [-0.2, 0) is 6.42 Å². The Morgan fingerprint density at radius 1 is 0.952 bits per heavy atom. The first-order valence-corrected chi connectivity index (χ1v) is 7.55. The first-order valence-electron chi connectivity index (χ1n) is 6.67. The zero-order valence-corrected chi connectivity index (χ0v) is 12.1. The predicted octanol–water partition coefficient (Wildman–Crippen LogP) is 4.70. The van der Waals surface area contributed by atoms with Crippen LogP contribution in [0, 0.1) is 0 Å². The van der Waals surface area contributed by atoms with E-state index in [9.17, 15) is 4.79 Å². The Hall–Kier alpha value is -2.39. The lowest BCUT2D eigenvalue weighted by Crippen LogP contribution is -1.91. The molecule has 0 bridgehead atoms. The van der Waals surface area contributed by atoms with Gasteiger partial charge in [0.2, 0.25) is 0 Å². The summed E-state index contributed by atoms with van der Waals surface area (Å²) in [7, 11) is 0. The molecule has 0 amide bonds. The van der Waals surface area contributed by atoms with Crippen LogP contribution >= 0.6 is 11.3 Å². The minimum Gasteiger partial charge on any atom is -0.478 e. The summed E-state index contributed by atoms with van der Waals surface area (Å²) in [5.41, 5.74) is 3.95. The van der Waals surface area contributed by atoms with Gasteiger partial charge in [-0.25, -0.2) is 4.79 Å². The summed E-state index contributed by atoms with van der Waals surface area (Å²) in [6, 6.07) is 20.4. The van der Waals surface area contributed by atoms with Crippen LogP contribution in [0.3, 0.4) is 0 Å². The fourth-order valence-corrected chi connectivity index (χ4v) is 3.11. The molecule has 0 atom stereocenters. The summed E-state index contributed by atoms with van der Waals surface area (Å²) in [6.45, 7) is 0. The molecule has 104 valence electrons. The summed E-state index contributed by atoms with van der Waals surface area (Å²) < 4.78 is 0. The number of thiophene rings is 1. The highest BCUT2D eigenvalue weighted by molar-refractivity contribution is 7.13. The van der Waals surface area contributed by atoms with Crippen LogP contribution in [0.15, 0.2) is 66.0 Å². The van der Waals surface area contributed by atoms with Crippen molar-refractivity contribution in [3.05, 3.63) is 82.7 Å². The molecule has 1 aromatic heterocycles. The SMILES string of the molecule is O=C(O)c1csc(-c2ccc(Cc3ccccc3)cc2)c1. The summed E-state index contributed by atoms with van der Waals surface area (Å²) in [4.78, 5) is 11.9. The number of aromatic carboxylic acids is 1. The Balaban J connectivity index is 1.78. The molecule has 0 spiro atoms. The van der Waals surface area contributed by atoms with Crippen molar-refractivity contribution in [1.82, 2.24) is 0 Å². The highest BCUT2D eigenvalue weighted by Crippen LogP contribution is 2.27. The van der Waals surface area contributed by atoms with Crippen molar-refractivity contribution < 1.29 is 9.90 Å². The van der Waals surface area contributed by atoms with Gasteiger partial charge in [0.25, 0.3) is 0 Å². The molecule has 0 unspecified atom stereocenters. The second-order valence-corrected chi connectivity index (χ2v) is 5.78. The van der Waals surface area contributed by atoms with Crippen LogP contribution in [0.4, 0.5) is 0 Å². The van der Waals surface area contributed by atoms with Crippen molar-refractivity contribution in [1.29, 1.82) is 0 Å². The Morgan fingerprint density at radius 2 is 1.62 bits per heavy atom. The number of hydrogen-bond donors (Lipinski definition) is 1. The average molecular weight is 294 g/mol. The van der Waals surface area contributed by atoms with Gasteiger partial charge < -0.3 is 5.11 Å². The lowest BCUT2D eigenvalue weighted by Gasteiger charge is -2.03. The van der Waals surface area contributed by atoms with E-state index in [2.05, 4.69) is 36.4 Å². The van der Waals surface area contributed by atoms with Crippen LogP contribution in [-0.4, -0.2) is 11.1 Å². The molecule has 0 aliphatic carbocycles. The zero-order chi connectivity index (χ0) is 14.7. The van der Waals surface area contributed by atoms with E-state index in [-0.39, 0.29) is 0 Å². The highest BCUT2D eigenvalue weighted by Gasteiger charge is 2.08. The molecular formula is C18H14O2S. The molecule has 0 radical (unpaired) electrons. The maximum atomic E-state index is 10.9. The van der Waals surface area contributed by atoms with Crippen molar-refractivity contribution in [3.63, 3.8) is 0 Å². The molecule has 3 heteroatoms. The fourth-order valence-electron chi connectivity index (χ4n) is 2.22. The van der Waals surface area contributed by atoms with Gasteiger partial charge in [-0.15, -0.1) is 11.3 Å². The third-order valence-corrected chi connectivity index (χ3v) is 4.32. The molecular weight excluding hydrogens is 280 g/mol. The first-order chi connectivity index (χ1) is 10.2. The Labute approximate surface area is 127 Å². The first kappa shape index (κ1) is 13.6. The Morgan fingerprint density at radius 3 is 2.24 bits per heavy atom. The van der Waals surface area contributed by atoms with E-state index in [0.29, 0.717) is 5.56 Å². The number of carbonyl (C=O) groups is 1. The second-order valence-electron chi connectivity index (χ2n) is 4.86. The van der Waals surface area contributed by atoms with E-state index >= 15 is 0 Å². The van der Waals surface area contributed by atoms with E-state index in [1.165, 1.54) is 22.5 Å². The second kappa shape index (κ2) is 5.94. The lowest BCUT2D eigenvalue weighted by atomic mass is 10.0. The van der Waals surface area contributed by atoms with Crippen LogP contribution in [0.1, 0.15) is 21.5 Å². The van der Waals surface area contributed by atoms with Crippen LogP contribution < -0.4 is 0 Å². The van der Waals surface area contributed by atoms with E-state index in [4.69, 9.17) is 5.11 Å². The summed E-state index contributed by atoms with van der Waals surface area (Å²) in [5.74, 6) is -0.877.